The van der Waals surface area contributed by atoms with Crippen LogP contribution in [0.15, 0.2) is 63.9 Å². The molecule has 0 aliphatic carbocycles. The largest absolute Gasteiger partial charge is 0.392 e. The van der Waals surface area contributed by atoms with Gasteiger partial charge in [0, 0.05) is 10.0 Å². The number of rotatable bonds is 2. The molecule has 2 aromatic carbocycles. The molecule has 3 aromatic rings. The summed E-state index contributed by atoms with van der Waals surface area (Å²) in [5.41, 5.74) is 8.17. The molecule has 0 aliphatic heterocycles. The van der Waals surface area contributed by atoms with Crippen molar-refractivity contribution in [2.24, 2.45) is 0 Å². The van der Waals surface area contributed by atoms with E-state index in [1.165, 1.54) is 4.68 Å². The highest BCUT2D eigenvalue weighted by atomic mass is 79.9. The van der Waals surface area contributed by atoms with E-state index >= 15 is 0 Å². The van der Waals surface area contributed by atoms with Crippen LogP contribution in [-0.4, -0.2) is 9.78 Å². The normalized spacial score (nSPS) is 10.7. The highest BCUT2D eigenvalue weighted by molar-refractivity contribution is 9.10. The molecule has 20 heavy (non-hydrogen) atoms. The minimum absolute atomic E-state index is 0.221. The van der Waals surface area contributed by atoms with Crippen molar-refractivity contribution in [2.45, 2.75) is 0 Å². The van der Waals surface area contributed by atoms with Gasteiger partial charge in [0.05, 0.1) is 11.4 Å². The molecule has 3 rings (SSSR count). The SMILES string of the molecule is Nc1c(-c2ccccc2)[nH]n(-c2ccc(Br)cc2)c1=O. The fourth-order valence-corrected chi connectivity index (χ4v) is 2.31. The van der Waals surface area contributed by atoms with Gasteiger partial charge in [-0.15, -0.1) is 0 Å². The lowest BCUT2D eigenvalue weighted by molar-refractivity contribution is 0.853. The Balaban J connectivity index is 2.16. The van der Waals surface area contributed by atoms with E-state index in [9.17, 15) is 4.79 Å². The average Bonchev–Trinajstić information content (AvgIpc) is 2.77. The van der Waals surface area contributed by atoms with E-state index in [2.05, 4.69) is 21.0 Å². The van der Waals surface area contributed by atoms with Gasteiger partial charge in [0.1, 0.15) is 5.69 Å². The first-order valence-electron chi connectivity index (χ1n) is 6.08. The first-order valence-corrected chi connectivity index (χ1v) is 6.88. The zero-order valence-corrected chi connectivity index (χ0v) is 12.1. The second kappa shape index (κ2) is 5.02. The second-order valence-corrected chi connectivity index (χ2v) is 5.30. The fourth-order valence-electron chi connectivity index (χ4n) is 2.05. The number of aromatic amines is 1. The molecule has 0 fully saturated rings. The zero-order chi connectivity index (χ0) is 14.1. The summed E-state index contributed by atoms with van der Waals surface area (Å²) in [5.74, 6) is 0. The maximum Gasteiger partial charge on any atom is 0.295 e. The first kappa shape index (κ1) is 12.7. The molecular formula is C15H12BrN3O. The smallest absolute Gasteiger partial charge is 0.295 e. The van der Waals surface area contributed by atoms with Crippen LogP contribution in [0.2, 0.25) is 0 Å². The quantitative estimate of drug-likeness (QED) is 0.758. The standard InChI is InChI=1S/C15H12BrN3O/c16-11-6-8-12(9-7-11)19-15(20)13(17)14(18-19)10-4-2-1-3-5-10/h1-9,18H,17H2. The van der Waals surface area contributed by atoms with Crippen LogP contribution >= 0.6 is 15.9 Å². The van der Waals surface area contributed by atoms with Gasteiger partial charge in [0.25, 0.3) is 5.56 Å². The van der Waals surface area contributed by atoms with Crippen LogP contribution in [0, 0.1) is 0 Å². The Bertz CT molecular complexity index is 788. The van der Waals surface area contributed by atoms with E-state index < -0.39 is 0 Å². The number of halogens is 1. The van der Waals surface area contributed by atoms with E-state index in [1.54, 1.807) is 0 Å². The van der Waals surface area contributed by atoms with Crippen molar-refractivity contribution >= 4 is 21.6 Å². The minimum atomic E-state index is -0.244. The Labute approximate surface area is 124 Å². The Morgan fingerprint density at radius 3 is 2.30 bits per heavy atom. The number of benzene rings is 2. The van der Waals surface area contributed by atoms with Gasteiger partial charge in [0.15, 0.2) is 0 Å². The number of nitrogens with two attached hydrogens (primary N) is 1. The van der Waals surface area contributed by atoms with Gasteiger partial charge in [-0.25, -0.2) is 4.68 Å². The van der Waals surface area contributed by atoms with Gasteiger partial charge in [-0.1, -0.05) is 46.3 Å². The molecule has 0 unspecified atom stereocenters. The molecule has 4 nitrogen and oxygen atoms in total. The Hall–Kier alpha value is -2.27. The number of hydrogen-bond acceptors (Lipinski definition) is 2. The molecule has 1 aromatic heterocycles. The van der Waals surface area contributed by atoms with Crippen molar-refractivity contribution in [1.29, 1.82) is 0 Å². The lowest BCUT2D eigenvalue weighted by Crippen LogP contribution is -2.16. The molecule has 0 spiro atoms. The van der Waals surface area contributed by atoms with Crippen LogP contribution < -0.4 is 11.3 Å². The fraction of sp³-hybridized carbons (Fsp3) is 0. The van der Waals surface area contributed by atoms with Gasteiger partial charge in [-0.3, -0.25) is 9.89 Å². The topological polar surface area (TPSA) is 63.8 Å². The highest BCUT2D eigenvalue weighted by Gasteiger charge is 2.13. The van der Waals surface area contributed by atoms with Crippen molar-refractivity contribution in [1.82, 2.24) is 9.78 Å². The average molecular weight is 330 g/mol. The number of hydrogen-bond donors (Lipinski definition) is 2. The summed E-state index contributed by atoms with van der Waals surface area (Å²) in [4.78, 5) is 12.2. The van der Waals surface area contributed by atoms with Gasteiger partial charge in [-0.2, -0.15) is 0 Å². The maximum atomic E-state index is 12.2. The summed E-state index contributed by atoms with van der Waals surface area (Å²) in [6.07, 6.45) is 0. The molecule has 100 valence electrons. The third-order valence-corrected chi connectivity index (χ3v) is 3.60. The van der Waals surface area contributed by atoms with Crippen LogP contribution in [0.5, 0.6) is 0 Å². The predicted molar refractivity (Wildman–Crippen MR) is 83.9 cm³/mol. The summed E-state index contributed by atoms with van der Waals surface area (Å²) < 4.78 is 2.40. The number of nitrogens with zero attached hydrogens (tertiary/aromatic N) is 1. The number of H-pyrrole nitrogens is 1. The lowest BCUT2D eigenvalue weighted by atomic mass is 10.1. The van der Waals surface area contributed by atoms with E-state index in [-0.39, 0.29) is 11.2 Å². The molecule has 0 aliphatic rings. The van der Waals surface area contributed by atoms with Crippen LogP contribution in [-0.2, 0) is 0 Å². The number of nitrogens with one attached hydrogen (secondary N) is 1. The summed E-state index contributed by atoms with van der Waals surface area (Å²) in [5, 5.41) is 3.07. The van der Waals surface area contributed by atoms with Gasteiger partial charge >= 0.3 is 0 Å². The molecular weight excluding hydrogens is 318 g/mol. The lowest BCUT2D eigenvalue weighted by Gasteiger charge is -2.02. The Morgan fingerprint density at radius 1 is 1.00 bits per heavy atom. The number of aromatic nitrogens is 2. The summed E-state index contributed by atoms with van der Waals surface area (Å²) in [6.45, 7) is 0. The van der Waals surface area contributed by atoms with Gasteiger partial charge in [-0.05, 0) is 24.3 Å². The monoisotopic (exact) mass is 329 g/mol. The number of nitrogen functional groups attached to an aromatic ring is 1. The summed E-state index contributed by atoms with van der Waals surface area (Å²) in [6, 6.07) is 17.0. The first-order chi connectivity index (χ1) is 9.66. The molecule has 1 heterocycles. The maximum absolute atomic E-state index is 12.2. The number of anilines is 1. The van der Waals surface area contributed by atoms with E-state index in [0.29, 0.717) is 5.69 Å². The Kier molecular flexibility index (Phi) is 3.20. The molecule has 0 radical (unpaired) electrons. The van der Waals surface area contributed by atoms with Crippen molar-refractivity contribution in [2.75, 3.05) is 5.73 Å². The minimum Gasteiger partial charge on any atom is -0.392 e. The van der Waals surface area contributed by atoms with E-state index in [4.69, 9.17) is 5.73 Å². The molecule has 0 amide bonds. The van der Waals surface area contributed by atoms with Crippen molar-refractivity contribution in [3.63, 3.8) is 0 Å². The third kappa shape index (κ3) is 2.16. The molecule has 0 saturated heterocycles. The van der Waals surface area contributed by atoms with Gasteiger partial charge in [0.2, 0.25) is 0 Å². The zero-order valence-electron chi connectivity index (χ0n) is 10.5. The van der Waals surface area contributed by atoms with Crippen LogP contribution in [0.4, 0.5) is 5.69 Å². The van der Waals surface area contributed by atoms with E-state index in [0.717, 1.165) is 15.7 Å². The molecule has 0 saturated carbocycles. The molecule has 3 N–H and O–H groups in total. The van der Waals surface area contributed by atoms with Crippen molar-refractivity contribution < 1.29 is 0 Å². The highest BCUT2D eigenvalue weighted by Crippen LogP contribution is 2.22. The second-order valence-electron chi connectivity index (χ2n) is 4.38. The van der Waals surface area contributed by atoms with E-state index in [1.807, 2.05) is 54.6 Å². The molecule has 5 heteroatoms. The summed E-state index contributed by atoms with van der Waals surface area (Å²) in [7, 11) is 0. The van der Waals surface area contributed by atoms with Crippen LogP contribution in [0.3, 0.4) is 0 Å². The van der Waals surface area contributed by atoms with Crippen LogP contribution in [0.1, 0.15) is 0 Å². The van der Waals surface area contributed by atoms with Crippen molar-refractivity contribution in [3.8, 4) is 16.9 Å². The Morgan fingerprint density at radius 2 is 1.65 bits per heavy atom. The van der Waals surface area contributed by atoms with Crippen molar-refractivity contribution in [3.05, 3.63) is 69.4 Å². The van der Waals surface area contributed by atoms with Gasteiger partial charge < -0.3 is 5.73 Å². The van der Waals surface area contributed by atoms with Crippen LogP contribution in [0.25, 0.3) is 16.9 Å². The summed E-state index contributed by atoms with van der Waals surface area (Å²) >= 11 is 3.37. The molecule has 0 atom stereocenters. The predicted octanol–water partition coefficient (Wildman–Crippen LogP) is 3.18. The third-order valence-electron chi connectivity index (χ3n) is 3.07. The molecule has 0 bridgehead atoms.